The monoisotopic (exact) mass is 262 g/mol. The van der Waals surface area contributed by atoms with Crippen molar-refractivity contribution in [3.63, 3.8) is 0 Å². The highest BCUT2D eigenvalue weighted by molar-refractivity contribution is 5.32. The molecule has 3 rings (SSSR count). The van der Waals surface area contributed by atoms with Crippen molar-refractivity contribution < 1.29 is 5.11 Å². The maximum atomic E-state index is 12.7. The lowest BCUT2D eigenvalue weighted by Gasteiger charge is -2.38. The van der Waals surface area contributed by atoms with Crippen molar-refractivity contribution >= 4 is 0 Å². The molecule has 2 N–H and O–H groups in total. The highest BCUT2D eigenvalue weighted by atomic mass is 16.3. The fourth-order valence-corrected chi connectivity index (χ4v) is 3.66. The molecule has 4 nitrogen and oxygen atoms in total. The lowest BCUT2D eigenvalue weighted by molar-refractivity contribution is 0.251. The number of nitrogens with one attached hydrogen (secondary N) is 1. The normalized spacial score (nSPS) is 25.5. The van der Waals surface area contributed by atoms with Gasteiger partial charge >= 0.3 is 0 Å². The number of nitrogens with zero attached hydrogens (tertiary/aromatic N) is 1. The second-order valence-electron chi connectivity index (χ2n) is 6.19. The van der Waals surface area contributed by atoms with Gasteiger partial charge in [0, 0.05) is 30.3 Å². The molecule has 2 aliphatic heterocycles. The van der Waals surface area contributed by atoms with Crippen LogP contribution in [0.3, 0.4) is 0 Å². The van der Waals surface area contributed by atoms with Crippen molar-refractivity contribution in [1.29, 1.82) is 0 Å². The summed E-state index contributed by atoms with van der Waals surface area (Å²) in [5.41, 5.74) is 2.84. The topological polar surface area (TPSA) is 54.3 Å². The fourth-order valence-electron chi connectivity index (χ4n) is 3.66. The van der Waals surface area contributed by atoms with E-state index >= 15 is 0 Å². The largest absolute Gasteiger partial charge is 0.392 e. The highest BCUT2D eigenvalue weighted by Gasteiger charge is 2.32. The number of piperidine rings is 1. The van der Waals surface area contributed by atoms with Gasteiger partial charge < -0.3 is 15.0 Å². The van der Waals surface area contributed by atoms with Crippen LogP contribution in [0.25, 0.3) is 0 Å². The smallest absolute Gasteiger partial charge is 0.254 e. The van der Waals surface area contributed by atoms with Crippen LogP contribution in [0.15, 0.2) is 10.9 Å². The Balaban J connectivity index is 2.19. The van der Waals surface area contributed by atoms with E-state index < -0.39 is 0 Å². The Labute approximate surface area is 113 Å². The fraction of sp³-hybridized carbons (Fsp3) is 0.667. The SMILES string of the molecule is CC(C)c1c(CO)cc2n(c1=O)CC1CNCC2C1. The molecule has 1 fully saturated rings. The number of aliphatic hydroxyl groups is 1. The van der Waals surface area contributed by atoms with E-state index in [-0.39, 0.29) is 18.1 Å². The van der Waals surface area contributed by atoms with Crippen LogP contribution in [0.1, 0.15) is 48.9 Å². The average molecular weight is 262 g/mol. The number of hydrogen-bond acceptors (Lipinski definition) is 3. The first-order chi connectivity index (χ1) is 9.11. The summed E-state index contributed by atoms with van der Waals surface area (Å²) in [6, 6.07) is 2.06. The molecule has 1 saturated heterocycles. The molecular formula is C15H22N2O2. The van der Waals surface area contributed by atoms with Crippen molar-refractivity contribution in [1.82, 2.24) is 9.88 Å². The molecule has 3 heterocycles. The number of aromatic nitrogens is 1. The lowest BCUT2D eigenvalue weighted by Crippen LogP contribution is -2.45. The number of pyridine rings is 1. The molecule has 4 heteroatoms. The maximum absolute atomic E-state index is 12.7. The van der Waals surface area contributed by atoms with E-state index in [1.807, 2.05) is 18.4 Å². The Kier molecular flexibility index (Phi) is 3.23. The van der Waals surface area contributed by atoms with Crippen LogP contribution in [0.4, 0.5) is 0 Å². The third-order valence-corrected chi connectivity index (χ3v) is 4.50. The quantitative estimate of drug-likeness (QED) is 0.841. The van der Waals surface area contributed by atoms with Crippen molar-refractivity contribution in [2.45, 2.75) is 45.3 Å². The first kappa shape index (κ1) is 12.9. The van der Waals surface area contributed by atoms with Crippen molar-refractivity contribution in [2.24, 2.45) is 5.92 Å². The molecule has 104 valence electrons. The van der Waals surface area contributed by atoms with Gasteiger partial charge in [0.1, 0.15) is 0 Å². The van der Waals surface area contributed by atoms with E-state index in [4.69, 9.17) is 0 Å². The lowest BCUT2D eigenvalue weighted by atomic mass is 9.83. The third kappa shape index (κ3) is 2.03. The zero-order chi connectivity index (χ0) is 13.6. The van der Waals surface area contributed by atoms with Gasteiger partial charge in [0.15, 0.2) is 0 Å². The van der Waals surface area contributed by atoms with Gasteiger partial charge in [-0.3, -0.25) is 4.79 Å². The molecular weight excluding hydrogens is 240 g/mol. The summed E-state index contributed by atoms with van der Waals surface area (Å²) in [4.78, 5) is 12.7. The van der Waals surface area contributed by atoms with E-state index in [2.05, 4.69) is 11.4 Å². The van der Waals surface area contributed by atoms with Crippen LogP contribution in [0.2, 0.25) is 0 Å². The Morgan fingerprint density at radius 3 is 2.95 bits per heavy atom. The minimum absolute atomic E-state index is 0.0415. The summed E-state index contributed by atoms with van der Waals surface area (Å²) in [5, 5.41) is 13.0. The van der Waals surface area contributed by atoms with Crippen LogP contribution in [0.5, 0.6) is 0 Å². The molecule has 2 bridgehead atoms. The van der Waals surface area contributed by atoms with Crippen LogP contribution >= 0.6 is 0 Å². The summed E-state index contributed by atoms with van der Waals surface area (Å²) in [7, 11) is 0. The minimum Gasteiger partial charge on any atom is -0.392 e. The first-order valence-corrected chi connectivity index (χ1v) is 7.20. The van der Waals surface area contributed by atoms with Gasteiger partial charge in [0.05, 0.1) is 6.61 Å². The highest BCUT2D eigenvalue weighted by Crippen LogP contribution is 2.33. The van der Waals surface area contributed by atoms with Crippen LogP contribution in [0, 0.1) is 5.92 Å². The van der Waals surface area contributed by atoms with E-state index in [1.54, 1.807) is 0 Å². The Hall–Kier alpha value is -1.13. The van der Waals surface area contributed by atoms with Crippen molar-refractivity contribution in [2.75, 3.05) is 13.1 Å². The van der Waals surface area contributed by atoms with Gasteiger partial charge in [-0.2, -0.15) is 0 Å². The van der Waals surface area contributed by atoms with E-state index in [0.717, 1.165) is 36.5 Å². The molecule has 0 spiro atoms. The standard InChI is InChI=1S/C15H22N2O2/c1-9(2)14-12(8-18)4-13-11-3-10(5-16-6-11)7-17(13)15(14)19/h4,9-11,16,18H,3,5-8H2,1-2H3. The summed E-state index contributed by atoms with van der Waals surface area (Å²) in [5.74, 6) is 1.16. The van der Waals surface area contributed by atoms with Gasteiger partial charge in [-0.25, -0.2) is 0 Å². The maximum Gasteiger partial charge on any atom is 0.254 e. The second kappa shape index (κ2) is 4.76. The Morgan fingerprint density at radius 2 is 2.26 bits per heavy atom. The second-order valence-corrected chi connectivity index (χ2v) is 6.19. The third-order valence-electron chi connectivity index (χ3n) is 4.50. The molecule has 0 aliphatic carbocycles. The van der Waals surface area contributed by atoms with Gasteiger partial charge in [0.2, 0.25) is 0 Å². The molecule has 1 aromatic heterocycles. The summed E-state index contributed by atoms with van der Waals surface area (Å²) in [6.07, 6.45) is 1.17. The minimum atomic E-state index is -0.0415. The van der Waals surface area contributed by atoms with E-state index in [1.165, 1.54) is 6.42 Å². The summed E-state index contributed by atoms with van der Waals surface area (Å²) in [6.45, 7) is 6.79. The van der Waals surface area contributed by atoms with Crippen LogP contribution in [-0.2, 0) is 13.2 Å². The van der Waals surface area contributed by atoms with E-state index in [9.17, 15) is 9.90 Å². The molecule has 2 aliphatic rings. The van der Waals surface area contributed by atoms with Crippen LogP contribution in [-0.4, -0.2) is 22.8 Å². The summed E-state index contributed by atoms with van der Waals surface area (Å²) < 4.78 is 1.97. The summed E-state index contributed by atoms with van der Waals surface area (Å²) >= 11 is 0. The molecule has 0 radical (unpaired) electrons. The molecule has 2 unspecified atom stereocenters. The zero-order valence-corrected chi connectivity index (χ0v) is 11.6. The van der Waals surface area contributed by atoms with E-state index in [0.29, 0.717) is 11.8 Å². The van der Waals surface area contributed by atoms with Gasteiger partial charge in [0.25, 0.3) is 5.56 Å². The molecule has 19 heavy (non-hydrogen) atoms. The molecule has 2 atom stereocenters. The molecule has 0 amide bonds. The Morgan fingerprint density at radius 1 is 1.47 bits per heavy atom. The predicted octanol–water partition coefficient (Wildman–Crippen LogP) is 1.17. The number of fused-ring (bicyclic) bond motifs is 4. The van der Waals surface area contributed by atoms with Crippen molar-refractivity contribution in [3.05, 3.63) is 33.2 Å². The molecule has 0 saturated carbocycles. The number of rotatable bonds is 2. The number of aliphatic hydroxyl groups excluding tert-OH is 1. The first-order valence-electron chi connectivity index (χ1n) is 7.20. The molecule has 1 aromatic rings. The zero-order valence-electron chi connectivity index (χ0n) is 11.6. The van der Waals surface area contributed by atoms with Crippen molar-refractivity contribution in [3.8, 4) is 0 Å². The Bertz CT molecular complexity index is 548. The number of hydrogen-bond donors (Lipinski definition) is 2. The van der Waals surface area contributed by atoms with Crippen LogP contribution < -0.4 is 10.9 Å². The molecule has 0 aromatic carbocycles. The predicted molar refractivity (Wildman–Crippen MR) is 74.4 cm³/mol. The van der Waals surface area contributed by atoms with Gasteiger partial charge in [-0.05, 0) is 36.4 Å². The average Bonchev–Trinajstić information content (AvgIpc) is 2.39. The van der Waals surface area contributed by atoms with Gasteiger partial charge in [-0.1, -0.05) is 13.8 Å². The van der Waals surface area contributed by atoms with Gasteiger partial charge in [-0.15, -0.1) is 0 Å².